The van der Waals surface area contributed by atoms with Gasteiger partial charge >= 0.3 is 6.36 Å². The van der Waals surface area contributed by atoms with Crippen molar-refractivity contribution in [2.75, 3.05) is 7.11 Å². The van der Waals surface area contributed by atoms with Crippen molar-refractivity contribution in [3.63, 3.8) is 0 Å². The van der Waals surface area contributed by atoms with E-state index in [1.165, 1.54) is 22.6 Å². The summed E-state index contributed by atoms with van der Waals surface area (Å²) in [5, 5.41) is -0.761. The van der Waals surface area contributed by atoms with Crippen molar-refractivity contribution in [1.82, 2.24) is 4.98 Å². The third-order valence-corrected chi connectivity index (χ3v) is 4.14. The summed E-state index contributed by atoms with van der Waals surface area (Å²) in [6.45, 7) is 0. The van der Waals surface area contributed by atoms with E-state index in [1.54, 1.807) is 0 Å². The Morgan fingerprint density at radius 1 is 1.44 bits per heavy atom. The van der Waals surface area contributed by atoms with Crippen LogP contribution in [0.1, 0.15) is 0 Å². The first-order valence-corrected chi connectivity index (χ1v) is 7.38. The summed E-state index contributed by atoms with van der Waals surface area (Å²) in [5.74, 6) is -1.12. The largest absolute Gasteiger partial charge is 0.573 e. The van der Waals surface area contributed by atoms with E-state index in [9.17, 15) is 21.6 Å². The van der Waals surface area contributed by atoms with E-state index in [2.05, 4.69) is 14.5 Å². The number of nitrogens with zero attached hydrogens (tertiary/aromatic N) is 1. The van der Waals surface area contributed by atoms with Crippen LogP contribution in [0, 0.1) is 3.57 Å². The lowest BCUT2D eigenvalue weighted by molar-refractivity contribution is -0.275. The molecule has 1 aromatic heterocycles. The van der Waals surface area contributed by atoms with E-state index in [-0.39, 0.29) is 9.45 Å². The fraction of sp³-hybridized carbons (Fsp3) is 0.286. The maximum absolute atomic E-state index is 12.1. The first-order valence-electron chi connectivity index (χ1n) is 3.99. The SMILES string of the molecule is COc1cc(OC(F)(F)F)c(I)c(S(=O)(=O)Cl)n1. The average molecular weight is 418 g/mol. The van der Waals surface area contributed by atoms with E-state index in [0.29, 0.717) is 0 Å². The molecule has 0 aliphatic carbocycles. The lowest BCUT2D eigenvalue weighted by atomic mass is 10.4. The topological polar surface area (TPSA) is 65.5 Å². The molecule has 5 nitrogen and oxygen atoms in total. The Morgan fingerprint density at radius 3 is 2.39 bits per heavy atom. The number of halogens is 5. The fourth-order valence-electron chi connectivity index (χ4n) is 0.927. The lowest BCUT2D eigenvalue weighted by Gasteiger charge is -2.12. The van der Waals surface area contributed by atoms with Crippen LogP contribution in [0.15, 0.2) is 11.1 Å². The van der Waals surface area contributed by atoms with Crippen LogP contribution < -0.4 is 9.47 Å². The summed E-state index contributed by atoms with van der Waals surface area (Å²) in [5.41, 5.74) is 0. The molecular weight excluding hydrogens is 413 g/mol. The molecule has 0 saturated carbocycles. The highest BCUT2D eigenvalue weighted by molar-refractivity contribution is 14.1. The molecule has 0 N–H and O–H groups in total. The summed E-state index contributed by atoms with van der Waals surface area (Å²) in [7, 11) is 1.84. The molecule has 1 rings (SSSR count). The zero-order valence-electron chi connectivity index (χ0n) is 8.46. The van der Waals surface area contributed by atoms with Crippen molar-refractivity contribution in [1.29, 1.82) is 0 Å². The minimum Gasteiger partial charge on any atom is -0.481 e. The molecule has 0 fully saturated rings. The highest BCUT2D eigenvalue weighted by atomic mass is 127. The summed E-state index contributed by atoms with van der Waals surface area (Å²) in [6, 6.07) is 0.806. The predicted octanol–water partition coefficient (Wildman–Crippen LogP) is 2.52. The summed E-state index contributed by atoms with van der Waals surface area (Å²) < 4.78 is 66.5. The van der Waals surface area contributed by atoms with Crippen molar-refractivity contribution in [3.8, 4) is 11.6 Å². The molecule has 18 heavy (non-hydrogen) atoms. The van der Waals surface area contributed by atoms with Crippen molar-refractivity contribution >= 4 is 42.3 Å². The van der Waals surface area contributed by atoms with Crippen molar-refractivity contribution in [3.05, 3.63) is 9.64 Å². The average Bonchev–Trinajstić information content (AvgIpc) is 2.17. The van der Waals surface area contributed by atoms with Gasteiger partial charge in [0.1, 0.15) is 0 Å². The van der Waals surface area contributed by atoms with Gasteiger partial charge in [0.15, 0.2) is 10.8 Å². The molecule has 0 bridgehead atoms. The summed E-state index contributed by atoms with van der Waals surface area (Å²) >= 11 is 1.33. The number of alkyl halides is 3. The Hall–Kier alpha value is -0.490. The molecule has 0 aliphatic heterocycles. The zero-order valence-corrected chi connectivity index (χ0v) is 12.2. The molecule has 0 atom stereocenters. The molecule has 0 amide bonds. The van der Waals surface area contributed by atoms with Gasteiger partial charge in [0.25, 0.3) is 9.05 Å². The maximum Gasteiger partial charge on any atom is 0.573 e. The number of hydrogen-bond acceptors (Lipinski definition) is 5. The van der Waals surface area contributed by atoms with Gasteiger partial charge in [-0.15, -0.1) is 13.2 Å². The van der Waals surface area contributed by atoms with Crippen LogP contribution in [0.25, 0.3) is 0 Å². The van der Waals surface area contributed by atoms with Gasteiger partial charge < -0.3 is 9.47 Å². The Bertz CT molecular complexity index is 563. The molecule has 0 radical (unpaired) electrons. The molecule has 0 unspecified atom stereocenters. The highest BCUT2D eigenvalue weighted by Crippen LogP contribution is 2.34. The first-order chi connectivity index (χ1) is 8.04. The van der Waals surface area contributed by atoms with Crippen molar-refractivity contribution < 1.29 is 31.1 Å². The third kappa shape index (κ3) is 4.02. The first kappa shape index (κ1) is 15.6. The van der Waals surface area contributed by atoms with Crippen molar-refractivity contribution in [2.45, 2.75) is 11.4 Å². The van der Waals surface area contributed by atoms with E-state index in [1.807, 2.05) is 0 Å². The monoisotopic (exact) mass is 417 g/mol. The molecule has 11 heteroatoms. The number of aromatic nitrogens is 1. The quantitative estimate of drug-likeness (QED) is 0.559. The number of ether oxygens (including phenoxy) is 2. The Morgan fingerprint density at radius 2 is 2.00 bits per heavy atom. The minimum absolute atomic E-state index is 0.367. The maximum atomic E-state index is 12.1. The third-order valence-electron chi connectivity index (χ3n) is 1.54. The molecule has 1 heterocycles. The van der Waals surface area contributed by atoms with Crippen LogP contribution in [-0.2, 0) is 9.05 Å². The second-order valence-corrected chi connectivity index (χ2v) is 6.33. The number of methoxy groups -OCH3 is 1. The standard InChI is InChI=1S/C7H4ClF3INO4S/c1-16-4-2-3(17-7(9,10)11)5(12)6(13-4)18(8,14)15/h2H,1H3. The van der Waals surface area contributed by atoms with E-state index in [0.717, 1.165) is 13.2 Å². The number of hydrogen-bond donors (Lipinski definition) is 0. The predicted molar refractivity (Wildman–Crippen MR) is 63.2 cm³/mol. The van der Waals surface area contributed by atoms with Crippen LogP contribution in [-0.4, -0.2) is 26.9 Å². The van der Waals surface area contributed by atoms with E-state index < -0.39 is 26.2 Å². The van der Waals surface area contributed by atoms with Crippen LogP contribution in [0.2, 0.25) is 0 Å². The smallest absolute Gasteiger partial charge is 0.481 e. The van der Waals surface area contributed by atoms with Gasteiger partial charge in [-0.1, -0.05) is 0 Å². The number of pyridine rings is 1. The van der Waals surface area contributed by atoms with Gasteiger partial charge in [0.05, 0.1) is 10.7 Å². The lowest BCUT2D eigenvalue weighted by Crippen LogP contribution is -2.18. The van der Waals surface area contributed by atoms with Gasteiger partial charge in [-0.2, -0.15) is 4.98 Å². The van der Waals surface area contributed by atoms with Gasteiger partial charge in [-0.05, 0) is 22.6 Å². The molecule has 0 spiro atoms. The summed E-state index contributed by atoms with van der Waals surface area (Å²) in [6.07, 6.45) is -4.97. The van der Waals surface area contributed by atoms with Crippen LogP contribution in [0.3, 0.4) is 0 Å². The fourth-order valence-corrected chi connectivity index (χ4v) is 3.42. The molecule has 102 valence electrons. The van der Waals surface area contributed by atoms with Gasteiger partial charge in [-0.3, -0.25) is 0 Å². The van der Waals surface area contributed by atoms with Crippen LogP contribution in [0.5, 0.6) is 11.6 Å². The normalized spacial score (nSPS) is 12.3. The molecule has 1 aromatic rings. The Kier molecular flexibility index (Phi) is 4.54. The number of rotatable bonds is 3. The van der Waals surface area contributed by atoms with Gasteiger partial charge in [0.2, 0.25) is 5.88 Å². The highest BCUT2D eigenvalue weighted by Gasteiger charge is 2.34. The van der Waals surface area contributed by atoms with E-state index >= 15 is 0 Å². The Balaban J connectivity index is 3.44. The zero-order chi connectivity index (χ0) is 14.1. The van der Waals surface area contributed by atoms with Crippen LogP contribution in [0.4, 0.5) is 13.2 Å². The second-order valence-electron chi connectivity index (χ2n) is 2.77. The van der Waals surface area contributed by atoms with E-state index in [4.69, 9.17) is 10.7 Å². The summed E-state index contributed by atoms with van der Waals surface area (Å²) in [4.78, 5) is 3.46. The molecule has 0 saturated heterocycles. The molecule has 0 aliphatic rings. The molecule has 0 aromatic carbocycles. The van der Waals surface area contributed by atoms with Gasteiger partial charge in [0, 0.05) is 16.7 Å². The Labute approximate surface area is 118 Å². The minimum atomic E-state index is -4.97. The second kappa shape index (κ2) is 5.25. The van der Waals surface area contributed by atoms with Crippen LogP contribution >= 0.6 is 33.3 Å². The molecular formula is C7H4ClF3INO4S. The van der Waals surface area contributed by atoms with Gasteiger partial charge in [-0.25, -0.2) is 8.42 Å². The van der Waals surface area contributed by atoms with Crippen molar-refractivity contribution in [2.24, 2.45) is 0 Å².